The summed E-state index contributed by atoms with van der Waals surface area (Å²) in [7, 11) is 0. The Morgan fingerprint density at radius 2 is 1.95 bits per heavy atom. The predicted octanol–water partition coefficient (Wildman–Crippen LogP) is 2.65. The van der Waals surface area contributed by atoms with Gasteiger partial charge in [0.25, 0.3) is 0 Å². The van der Waals surface area contributed by atoms with Gasteiger partial charge in [-0.15, -0.1) is 0 Å². The molecule has 0 saturated heterocycles. The van der Waals surface area contributed by atoms with E-state index in [0.717, 1.165) is 0 Å². The number of halogens is 1. The second-order valence-corrected chi connectivity index (χ2v) is 5.88. The lowest BCUT2D eigenvalue weighted by atomic mass is 10.0. The Labute approximate surface area is 123 Å². The van der Waals surface area contributed by atoms with Crippen molar-refractivity contribution in [1.82, 2.24) is 5.32 Å². The molecule has 116 valence electrons. The molecule has 1 rings (SSSR count). The van der Waals surface area contributed by atoms with Crippen LogP contribution in [0.5, 0.6) is 0 Å². The number of rotatable bonds is 4. The number of carboxylic acids is 1. The third kappa shape index (κ3) is 6.25. The molecule has 0 heterocycles. The van der Waals surface area contributed by atoms with Gasteiger partial charge in [-0.25, -0.2) is 14.0 Å². The zero-order valence-corrected chi connectivity index (χ0v) is 12.6. The van der Waals surface area contributed by atoms with E-state index in [1.54, 1.807) is 33.8 Å². The van der Waals surface area contributed by atoms with Crippen LogP contribution in [-0.4, -0.2) is 28.8 Å². The number of ether oxygens (including phenoxy) is 1. The molecule has 1 aromatic carbocycles. The Balaban J connectivity index is 2.78. The molecular weight excluding hydrogens is 277 g/mol. The van der Waals surface area contributed by atoms with Gasteiger partial charge in [0.1, 0.15) is 17.5 Å². The molecule has 1 unspecified atom stereocenters. The van der Waals surface area contributed by atoms with Gasteiger partial charge in [-0.3, -0.25) is 0 Å². The summed E-state index contributed by atoms with van der Waals surface area (Å²) >= 11 is 0. The fourth-order valence-corrected chi connectivity index (χ4v) is 1.82. The van der Waals surface area contributed by atoms with Crippen LogP contribution in [0.3, 0.4) is 0 Å². The lowest BCUT2D eigenvalue weighted by Crippen LogP contribution is -2.44. The topological polar surface area (TPSA) is 75.6 Å². The van der Waals surface area contributed by atoms with Gasteiger partial charge in [0, 0.05) is 6.42 Å². The summed E-state index contributed by atoms with van der Waals surface area (Å²) < 4.78 is 18.3. The molecule has 1 aromatic rings. The SMILES string of the molecule is Cc1cc(F)cc(CC(NC(=O)OC(C)(C)C)C(=O)O)c1. The fourth-order valence-electron chi connectivity index (χ4n) is 1.82. The average molecular weight is 297 g/mol. The molecule has 1 amide bonds. The van der Waals surface area contributed by atoms with Crippen molar-refractivity contribution in [3.63, 3.8) is 0 Å². The van der Waals surface area contributed by atoms with E-state index in [1.165, 1.54) is 12.1 Å². The molecule has 0 aliphatic carbocycles. The van der Waals surface area contributed by atoms with E-state index in [1.807, 2.05) is 0 Å². The molecule has 6 heteroatoms. The van der Waals surface area contributed by atoms with E-state index in [-0.39, 0.29) is 6.42 Å². The van der Waals surface area contributed by atoms with E-state index >= 15 is 0 Å². The van der Waals surface area contributed by atoms with Crippen molar-refractivity contribution in [2.24, 2.45) is 0 Å². The van der Waals surface area contributed by atoms with E-state index < -0.39 is 29.5 Å². The number of aliphatic carboxylic acids is 1. The van der Waals surface area contributed by atoms with Crippen molar-refractivity contribution in [2.45, 2.75) is 45.8 Å². The molecule has 0 bridgehead atoms. The second-order valence-electron chi connectivity index (χ2n) is 5.88. The number of hydrogen-bond donors (Lipinski definition) is 2. The standard InChI is InChI=1S/C15H20FNO4/c1-9-5-10(7-11(16)6-9)8-12(13(18)19)17-14(20)21-15(2,3)4/h5-7,12H,8H2,1-4H3,(H,17,20)(H,18,19). The van der Waals surface area contributed by atoms with Crippen LogP contribution in [0.15, 0.2) is 18.2 Å². The van der Waals surface area contributed by atoms with E-state index in [0.29, 0.717) is 11.1 Å². The summed E-state index contributed by atoms with van der Waals surface area (Å²) in [4.78, 5) is 22.8. The minimum absolute atomic E-state index is 0.0207. The summed E-state index contributed by atoms with van der Waals surface area (Å²) in [5.74, 6) is -1.64. The molecular formula is C15H20FNO4. The Hall–Kier alpha value is -2.11. The second kappa shape index (κ2) is 6.56. The minimum atomic E-state index is -1.21. The summed E-state index contributed by atoms with van der Waals surface area (Å²) in [6.45, 7) is 6.75. The van der Waals surface area contributed by atoms with Gasteiger partial charge in [0.15, 0.2) is 0 Å². The molecule has 0 fully saturated rings. The van der Waals surface area contributed by atoms with Crippen LogP contribution in [0, 0.1) is 12.7 Å². The smallest absolute Gasteiger partial charge is 0.408 e. The molecule has 0 radical (unpaired) electrons. The minimum Gasteiger partial charge on any atom is -0.480 e. The maximum absolute atomic E-state index is 13.3. The van der Waals surface area contributed by atoms with E-state index in [2.05, 4.69) is 5.32 Å². The van der Waals surface area contributed by atoms with Gasteiger partial charge in [0.2, 0.25) is 0 Å². The Morgan fingerprint density at radius 3 is 2.43 bits per heavy atom. The monoisotopic (exact) mass is 297 g/mol. The highest BCUT2D eigenvalue weighted by atomic mass is 19.1. The quantitative estimate of drug-likeness (QED) is 0.896. The first-order valence-corrected chi connectivity index (χ1v) is 6.55. The van der Waals surface area contributed by atoms with Crippen LogP contribution < -0.4 is 5.32 Å². The highest BCUT2D eigenvalue weighted by molar-refractivity contribution is 5.80. The Kier molecular flexibility index (Phi) is 5.29. The maximum Gasteiger partial charge on any atom is 0.408 e. The first-order valence-electron chi connectivity index (χ1n) is 6.55. The first-order chi connectivity index (χ1) is 9.56. The van der Waals surface area contributed by atoms with Crippen molar-refractivity contribution < 1.29 is 23.8 Å². The molecule has 5 nitrogen and oxygen atoms in total. The zero-order valence-electron chi connectivity index (χ0n) is 12.6. The molecule has 0 spiro atoms. The molecule has 2 N–H and O–H groups in total. The highest BCUT2D eigenvalue weighted by Gasteiger charge is 2.24. The third-order valence-electron chi connectivity index (χ3n) is 2.53. The van der Waals surface area contributed by atoms with Gasteiger partial charge in [-0.2, -0.15) is 0 Å². The number of benzene rings is 1. The highest BCUT2D eigenvalue weighted by Crippen LogP contribution is 2.12. The van der Waals surface area contributed by atoms with Gasteiger partial charge in [0.05, 0.1) is 0 Å². The number of carboxylic acid groups (broad SMARTS) is 1. The van der Waals surface area contributed by atoms with Crippen LogP contribution in [0.1, 0.15) is 31.9 Å². The van der Waals surface area contributed by atoms with Gasteiger partial charge in [-0.1, -0.05) is 6.07 Å². The van der Waals surface area contributed by atoms with Crippen LogP contribution in [0.25, 0.3) is 0 Å². The summed E-state index contributed by atoms with van der Waals surface area (Å²) in [5.41, 5.74) is 0.463. The van der Waals surface area contributed by atoms with E-state index in [9.17, 15) is 14.0 Å². The Morgan fingerprint density at radius 1 is 1.33 bits per heavy atom. The van der Waals surface area contributed by atoms with Crippen molar-refractivity contribution in [1.29, 1.82) is 0 Å². The molecule has 21 heavy (non-hydrogen) atoms. The lowest BCUT2D eigenvalue weighted by molar-refractivity contribution is -0.139. The number of carbonyl (C=O) groups excluding carboxylic acids is 1. The van der Waals surface area contributed by atoms with Gasteiger partial charge in [-0.05, 0) is 51.0 Å². The van der Waals surface area contributed by atoms with Crippen LogP contribution in [0.2, 0.25) is 0 Å². The van der Waals surface area contributed by atoms with Crippen LogP contribution in [-0.2, 0) is 16.0 Å². The fraction of sp³-hybridized carbons (Fsp3) is 0.467. The number of aryl methyl sites for hydroxylation is 1. The number of amides is 1. The predicted molar refractivity (Wildman–Crippen MR) is 75.6 cm³/mol. The van der Waals surface area contributed by atoms with E-state index in [4.69, 9.17) is 9.84 Å². The first kappa shape index (κ1) is 16.9. The van der Waals surface area contributed by atoms with Crippen molar-refractivity contribution in [3.8, 4) is 0 Å². The molecule has 0 aliphatic heterocycles. The molecule has 1 atom stereocenters. The molecule has 0 aromatic heterocycles. The summed E-state index contributed by atoms with van der Waals surface area (Å²) in [6, 6.07) is 3.09. The van der Waals surface area contributed by atoms with Gasteiger partial charge >= 0.3 is 12.1 Å². The Bertz CT molecular complexity index is 517. The van der Waals surface area contributed by atoms with Crippen molar-refractivity contribution in [2.75, 3.05) is 0 Å². The van der Waals surface area contributed by atoms with Crippen molar-refractivity contribution in [3.05, 3.63) is 35.1 Å². The van der Waals surface area contributed by atoms with Gasteiger partial charge < -0.3 is 15.2 Å². The number of carbonyl (C=O) groups is 2. The number of nitrogens with one attached hydrogen (secondary N) is 1. The van der Waals surface area contributed by atoms with Crippen molar-refractivity contribution >= 4 is 12.1 Å². The largest absolute Gasteiger partial charge is 0.480 e. The molecule has 0 aliphatic rings. The zero-order chi connectivity index (χ0) is 16.2. The van der Waals surface area contributed by atoms with Crippen LogP contribution >= 0.6 is 0 Å². The third-order valence-corrected chi connectivity index (χ3v) is 2.53. The summed E-state index contributed by atoms with van der Waals surface area (Å²) in [6.07, 6.45) is -0.837. The average Bonchev–Trinajstić information content (AvgIpc) is 2.23. The molecule has 0 saturated carbocycles. The maximum atomic E-state index is 13.3. The normalized spacial score (nSPS) is 12.6. The lowest BCUT2D eigenvalue weighted by Gasteiger charge is -2.22. The number of alkyl carbamates (subject to hydrolysis) is 1. The number of hydrogen-bond acceptors (Lipinski definition) is 3. The summed E-state index contributed by atoms with van der Waals surface area (Å²) in [5, 5.41) is 11.4. The van der Waals surface area contributed by atoms with Crippen LogP contribution in [0.4, 0.5) is 9.18 Å².